The van der Waals surface area contributed by atoms with Crippen molar-refractivity contribution in [1.29, 1.82) is 0 Å². The van der Waals surface area contributed by atoms with E-state index in [1.54, 1.807) is 6.92 Å². The number of rotatable bonds is 5. The topological polar surface area (TPSA) is 26.3 Å². The molecule has 3 heteroatoms. The SMILES string of the molecule is CCc1cc(C)c(OCc2c(C)cccc2SC(C)=O)cc1C. The second-order valence-electron chi connectivity index (χ2n) is 5.83. The van der Waals surface area contributed by atoms with E-state index in [4.69, 9.17) is 4.74 Å². The minimum atomic E-state index is 0.0937. The predicted molar refractivity (Wildman–Crippen MR) is 97.3 cm³/mol. The summed E-state index contributed by atoms with van der Waals surface area (Å²) < 4.78 is 6.08. The van der Waals surface area contributed by atoms with E-state index in [2.05, 4.69) is 45.9 Å². The van der Waals surface area contributed by atoms with Gasteiger partial charge in [0.15, 0.2) is 5.12 Å². The Hall–Kier alpha value is -1.74. The summed E-state index contributed by atoms with van der Waals surface area (Å²) in [4.78, 5) is 12.4. The van der Waals surface area contributed by atoms with Gasteiger partial charge in [-0.15, -0.1) is 0 Å². The van der Waals surface area contributed by atoms with Crippen molar-refractivity contribution in [3.8, 4) is 5.75 Å². The molecule has 0 bridgehead atoms. The molecule has 0 aliphatic heterocycles. The molecule has 122 valence electrons. The molecule has 2 rings (SSSR count). The van der Waals surface area contributed by atoms with Crippen LogP contribution >= 0.6 is 11.8 Å². The summed E-state index contributed by atoms with van der Waals surface area (Å²) in [5.41, 5.74) is 6.01. The zero-order valence-electron chi connectivity index (χ0n) is 14.5. The van der Waals surface area contributed by atoms with Crippen molar-refractivity contribution in [2.45, 2.75) is 52.5 Å². The first-order valence-corrected chi connectivity index (χ1v) is 8.73. The Kier molecular flexibility index (Phi) is 5.89. The molecule has 0 fully saturated rings. The number of hydrogen-bond donors (Lipinski definition) is 0. The number of hydrogen-bond acceptors (Lipinski definition) is 3. The number of thioether (sulfide) groups is 1. The van der Waals surface area contributed by atoms with Crippen LogP contribution in [0.25, 0.3) is 0 Å². The van der Waals surface area contributed by atoms with Crippen LogP contribution in [0.3, 0.4) is 0 Å². The van der Waals surface area contributed by atoms with Gasteiger partial charge in [0.05, 0.1) is 0 Å². The van der Waals surface area contributed by atoms with Gasteiger partial charge in [0, 0.05) is 17.4 Å². The van der Waals surface area contributed by atoms with Crippen LogP contribution in [0.15, 0.2) is 35.2 Å². The summed E-state index contributed by atoms with van der Waals surface area (Å²) >= 11 is 1.27. The Morgan fingerprint density at radius 2 is 1.83 bits per heavy atom. The molecule has 0 saturated carbocycles. The molecule has 2 aromatic rings. The van der Waals surface area contributed by atoms with Gasteiger partial charge >= 0.3 is 0 Å². The Labute approximate surface area is 143 Å². The van der Waals surface area contributed by atoms with Crippen LogP contribution in [0, 0.1) is 20.8 Å². The van der Waals surface area contributed by atoms with E-state index in [0.717, 1.165) is 33.8 Å². The third kappa shape index (κ3) is 4.38. The molecule has 0 aliphatic rings. The first kappa shape index (κ1) is 17.6. The van der Waals surface area contributed by atoms with Gasteiger partial charge in [0.2, 0.25) is 0 Å². The molecule has 0 atom stereocenters. The van der Waals surface area contributed by atoms with E-state index < -0.39 is 0 Å². The molecule has 0 N–H and O–H groups in total. The Balaban J connectivity index is 2.24. The molecule has 2 aromatic carbocycles. The van der Waals surface area contributed by atoms with Crippen LogP contribution in [0.5, 0.6) is 5.75 Å². The summed E-state index contributed by atoms with van der Waals surface area (Å²) in [7, 11) is 0. The lowest BCUT2D eigenvalue weighted by molar-refractivity contribution is -0.109. The molecule has 2 nitrogen and oxygen atoms in total. The Bertz CT molecular complexity index is 720. The Morgan fingerprint density at radius 3 is 2.48 bits per heavy atom. The van der Waals surface area contributed by atoms with Crippen LogP contribution in [-0.4, -0.2) is 5.12 Å². The zero-order chi connectivity index (χ0) is 17.0. The first-order chi connectivity index (χ1) is 10.9. The van der Waals surface area contributed by atoms with E-state index in [9.17, 15) is 4.79 Å². The summed E-state index contributed by atoms with van der Waals surface area (Å²) in [6, 6.07) is 10.3. The molecule has 0 amide bonds. The van der Waals surface area contributed by atoms with E-state index in [1.165, 1.54) is 22.9 Å². The summed E-state index contributed by atoms with van der Waals surface area (Å²) in [5.74, 6) is 0.918. The number of benzene rings is 2. The molecule has 23 heavy (non-hydrogen) atoms. The van der Waals surface area contributed by atoms with Gasteiger partial charge in [-0.2, -0.15) is 0 Å². The lowest BCUT2D eigenvalue weighted by atomic mass is 10.0. The van der Waals surface area contributed by atoms with Gasteiger partial charge in [-0.1, -0.05) is 36.9 Å². The summed E-state index contributed by atoms with van der Waals surface area (Å²) in [6.45, 7) is 10.5. The highest BCUT2D eigenvalue weighted by Gasteiger charge is 2.11. The van der Waals surface area contributed by atoms with Crippen molar-refractivity contribution in [2.75, 3.05) is 0 Å². The molecule has 0 radical (unpaired) electrons. The fourth-order valence-corrected chi connectivity index (χ4v) is 3.45. The number of carbonyl (C=O) groups is 1. The molecule has 0 unspecified atom stereocenters. The monoisotopic (exact) mass is 328 g/mol. The van der Waals surface area contributed by atoms with Gasteiger partial charge < -0.3 is 4.74 Å². The van der Waals surface area contributed by atoms with Crippen molar-refractivity contribution in [1.82, 2.24) is 0 Å². The highest BCUT2D eigenvalue weighted by molar-refractivity contribution is 8.13. The fourth-order valence-electron chi connectivity index (χ4n) is 2.65. The molecular weight excluding hydrogens is 304 g/mol. The summed E-state index contributed by atoms with van der Waals surface area (Å²) in [5, 5.41) is 0.0937. The molecule has 0 spiro atoms. The van der Waals surface area contributed by atoms with Crippen LogP contribution < -0.4 is 4.74 Å². The quantitative estimate of drug-likeness (QED) is 0.688. The van der Waals surface area contributed by atoms with E-state index in [0.29, 0.717) is 6.61 Å². The number of carbonyl (C=O) groups excluding carboxylic acids is 1. The molecule has 0 aliphatic carbocycles. The van der Waals surface area contributed by atoms with E-state index in [-0.39, 0.29) is 5.12 Å². The fraction of sp³-hybridized carbons (Fsp3) is 0.350. The van der Waals surface area contributed by atoms with Gasteiger partial charge in [-0.25, -0.2) is 0 Å². The third-order valence-electron chi connectivity index (χ3n) is 4.01. The maximum Gasteiger partial charge on any atom is 0.190 e. The average Bonchev–Trinajstić information content (AvgIpc) is 2.49. The number of aryl methyl sites for hydroxylation is 4. The van der Waals surface area contributed by atoms with Crippen molar-refractivity contribution in [2.24, 2.45) is 0 Å². The highest BCUT2D eigenvalue weighted by atomic mass is 32.2. The largest absolute Gasteiger partial charge is 0.489 e. The van der Waals surface area contributed by atoms with Crippen molar-refractivity contribution in [3.63, 3.8) is 0 Å². The van der Waals surface area contributed by atoms with Gasteiger partial charge in [0.1, 0.15) is 12.4 Å². The van der Waals surface area contributed by atoms with Crippen LogP contribution in [0.2, 0.25) is 0 Å². The lowest BCUT2D eigenvalue weighted by Gasteiger charge is -2.15. The smallest absolute Gasteiger partial charge is 0.190 e. The molecule has 0 heterocycles. The van der Waals surface area contributed by atoms with Crippen LogP contribution in [0.1, 0.15) is 41.7 Å². The highest BCUT2D eigenvalue weighted by Crippen LogP contribution is 2.29. The average molecular weight is 328 g/mol. The number of ether oxygens (including phenoxy) is 1. The van der Waals surface area contributed by atoms with Gasteiger partial charge in [0.25, 0.3) is 0 Å². The van der Waals surface area contributed by atoms with E-state index >= 15 is 0 Å². The molecular formula is C20H24O2S. The minimum Gasteiger partial charge on any atom is -0.489 e. The second-order valence-corrected chi connectivity index (χ2v) is 7.05. The maximum atomic E-state index is 11.4. The van der Waals surface area contributed by atoms with E-state index in [1.807, 2.05) is 12.1 Å². The zero-order valence-corrected chi connectivity index (χ0v) is 15.3. The van der Waals surface area contributed by atoms with Crippen molar-refractivity contribution >= 4 is 16.9 Å². The van der Waals surface area contributed by atoms with Crippen molar-refractivity contribution in [3.05, 3.63) is 58.1 Å². The molecule has 0 aromatic heterocycles. The standard InChI is InChI=1S/C20H24O2S/c1-6-17-10-15(4)19(11-14(17)3)22-12-18-13(2)8-7-9-20(18)23-16(5)21/h7-11H,6,12H2,1-5H3. The Morgan fingerprint density at radius 1 is 1.09 bits per heavy atom. The van der Waals surface area contributed by atoms with Crippen LogP contribution in [0.4, 0.5) is 0 Å². The summed E-state index contributed by atoms with van der Waals surface area (Å²) in [6.07, 6.45) is 1.03. The normalized spacial score (nSPS) is 10.7. The maximum absolute atomic E-state index is 11.4. The first-order valence-electron chi connectivity index (χ1n) is 7.92. The lowest BCUT2D eigenvalue weighted by Crippen LogP contribution is -2.03. The van der Waals surface area contributed by atoms with Gasteiger partial charge in [-0.05, 0) is 61.6 Å². The minimum absolute atomic E-state index is 0.0937. The predicted octanol–water partition coefficient (Wildman–Crippen LogP) is 5.39. The third-order valence-corrected chi connectivity index (χ3v) is 4.90. The van der Waals surface area contributed by atoms with Gasteiger partial charge in [-0.3, -0.25) is 4.79 Å². The van der Waals surface area contributed by atoms with Crippen LogP contribution in [-0.2, 0) is 17.8 Å². The second kappa shape index (κ2) is 7.69. The molecule has 0 saturated heterocycles. The van der Waals surface area contributed by atoms with Crippen molar-refractivity contribution < 1.29 is 9.53 Å².